The summed E-state index contributed by atoms with van der Waals surface area (Å²) in [6.07, 6.45) is -8.00. The van der Waals surface area contributed by atoms with Crippen molar-refractivity contribution in [3.05, 3.63) is 29.8 Å². The van der Waals surface area contributed by atoms with Crippen LogP contribution in [0.5, 0.6) is 0 Å². The van der Waals surface area contributed by atoms with Gasteiger partial charge in [-0.2, -0.15) is 17.9 Å². The number of sulfonamides is 1. The number of esters is 1. The normalized spacial score (nSPS) is 15.2. The van der Waals surface area contributed by atoms with E-state index >= 15 is 0 Å². The van der Waals surface area contributed by atoms with E-state index in [4.69, 9.17) is 9.05 Å². The number of aryl methyl sites for hydroxylation is 1. The molecule has 0 aromatic heterocycles. The minimum absolute atomic E-state index is 0.549. The maximum atomic E-state index is 14.5. The number of carbonyl (C=O) groups excluding carboxylic acids is 1. The SMILES string of the molecule is CCOC(=O)C(NS(=O)(=O)c1ccc(C)cc1)(C(F)(F)F)P(=O)(OC(C)C)OC(C)C. The van der Waals surface area contributed by atoms with Crippen LogP contribution in [0.4, 0.5) is 13.2 Å². The van der Waals surface area contributed by atoms with Gasteiger partial charge in [0.25, 0.3) is 0 Å². The van der Waals surface area contributed by atoms with Crippen LogP contribution in [0.2, 0.25) is 0 Å². The smallest absolute Gasteiger partial charge is 0.430 e. The molecule has 0 saturated heterocycles. The van der Waals surface area contributed by atoms with E-state index in [9.17, 15) is 30.9 Å². The lowest BCUT2D eigenvalue weighted by Gasteiger charge is -2.39. The Morgan fingerprint density at radius 2 is 1.52 bits per heavy atom. The molecule has 0 bridgehead atoms. The van der Waals surface area contributed by atoms with Crippen LogP contribution in [0.1, 0.15) is 40.2 Å². The van der Waals surface area contributed by atoms with Crippen LogP contribution in [-0.4, -0.2) is 44.7 Å². The summed E-state index contributed by atoms with van der Waals surface area (Å²) in [5.41, 5.74) is 0.642. The predicted molar refractivity (Wildman–Crippen MR) is 107 cm³/mol. The van der Waals surface area contributed by atoms with Crippen molar-refractivity contribution in [1.82, 2.24) is 4.72 Å². The number of alkyl halides is 3. The van der Waals surface area contributed by atoms with Crippen molar-refractivity contribution >= 4 is 23.6 Å². The Balaban J connectivity index is 3.89. The third-order valence-corrected chi connectivity index (χ3v) is 8.09. The van der Waals surface area contributed by atoms with Crippen molar-refractivity contribution in [2.45, 2.75) is 70.1 Å². The zero-order valence-corrected chi connectivity index (χ0v) is 19.7. The first-order valence-corrected chi connectivity index (χ1v) is 12.4. The molecule has 0 amide bonds. The molecule has 0 radical (unpaired) electrons. The summed E-state index contributed by atoms with van der Waals surface area (Å²) in [5, 5.41) is -4.34. The average Bonchev–Trinajstić information content (AvgIpc) is 2.57. The average molecular weight is 489 g/mol. The number of benzene rings is 1. The Morgan fingerprint density at radius 1 is 1.06 bits per heavy atom. The number of hydrogen-bond acceptors (Lipinski definition) is 7. The largest absolute Gasteiger partial charge is 0.464 e. The molecular weight excluding hydrogens is 462 g/mol. The minimum Gasteiger partial charge on any atom is -0.464 e. The van der Waals surface area contributed by atoms with Gasteiger partial charge in [0, 0.05) is 0 Å². The topological polar surface area (TPSA) is 108 Å². The predicted octanol–water partition coefficient (Wildman–Crippen LogP) is 4.14. The highest BCUT2D eigenvalue weighted by molar-refractivity contribution is 7.90. The molecule has 0 spiro atoms. The van der Waals surface area contributed by atoms with Gasteiger partial charge in [0.15, 0.2) is 0 Å². The molecule has 0 heterocycles. The van der Waals surface area contributed by atoms with E-state index in [2.05, 4.69) is 4.74 Å². The molecule has 1 N–H and O–H groups in total. The van der Waals surface area contributed by atoms with Gasteiger partial charge in [-0.3, -0.25) is 4.57 Å². The van der Waals surface area contributed by atoms with E-state index in [0.717, 1.165) is 12.1 Å². The molecule has 1 aromatic carbocycles. The quantitative estimate of drug-likeness (QED) is 0.389. The van der Waals surface area contributed by atoms with E-state index in [1.54, 1.807) is 6.92 Å². The first-order valence-electron chi connectivity index (χ1n) is 9.34. The van der Waals surface area contributed by atoms with Gasteiger partial charge < -0.3 is 13.8 Å². The molecule has 0 aliphatic rings. The Labute approximate surface area is 180 Å². The first kappa shape index (κ1) is 27.6. The van der Waals surface area contributed by atoms with Crippen LogP contribution in [0, 0.1) is 6.92 Å². The van der Waals surface area contributed by atoms with Crippen LogP contribution in [0.3, 0.4) is 0 Å². The van der Waals surface area contributed by atoms with Crippen molar-refractivity contribution < 1.29 is 44.7 Å². The summed E-state index contributed by atoms with van der Waals surface area (Å²) < 4.78 is 98.6. The molecule has 1 atom stereocenters. The van der Waals surface area contributed by atoms with Crippen LogP contribution in [0.25, 0.3) is 0 Å². The van der Waals surface area contributed by atoms with Gasteiger partial charge >= 0.3 is 25.0 Å². The van der Waals surface area contributed by atoms with E-state index in [0.29, 0.717) is 5.56 Å². The van der Waals surface area contributed by atoms with Crippen LogP contribution < -0.4 is 4.72 Å². The summed E-state index contributed by atoms with van der Waals surface area (Å²) in [5.74, 6) is -2.15. The van der Waals surface area contributed by atoms with Gasteiger partial charge in [0.05, 0.1) is 23.7 Å². The minimum atomic E-state index is -5.75. The number of rotatable bonds is 10. The third kappa shape index (κ3) is 6.07. The molecule has 8 nitrogen and oxygen atoms in total. The zero-order valence-electron chi connectivity index (χ0n) is 18.0. The van der Waals surface area contributed by atoms with Gasteiger partial charge in [0.1, 0.15) is 0 Å². The molecule has 1 aromatic rings. The van der Waals surface area contributed by atoms with Crippen molar-refractivity contribution in [3.8, 4) is 0 Å². The highest BCUT2D eigenvalue weighted by Crippen LogP contribution is 2.66. The molecule has 31 heavy (non-hydrogen) atoms. The molecule has 178 valence electrons. The van der Waals surface area contributed by atoms with Crippen molar-refractivity contribution in [3.63, 3.8) is 0 Å². The standard InChI is InChI=1S/C18H27F3NO7PS/c1-7-27-16(23)17(18(19,20)21,30(24,28-12(2)3)29-13(4)5)22-31(25,26)15-10-8-14(6)9-11-15/h8-13,22H,7H2,1-6H3. The zero-order chi connectivity index (χ0) is 24.3. The second-order valence-corrected chi connectivity index (χ2v) is 10.9. The second-order valence-electron chi connectivity index (χ2n) is 7.15. The lowest BCUT2D eigenvalue weighted by molar-refractivity contribution is -0.195. The molecule has 1 rings (SSSR count). The van der Waals surface area contributed by atoms with Gasteiger partial charge in [-0.25, -0.2) is 13.2 Å². The van der Waals surface area contributed by atoms with Crippen molar-refractivity contribution in [1.29, 1.82) is 0 Å². The first-order chi connectivity index (χ1) is 14.0. The fourth-order valence-electron chi connectivity index (χ4n) is 2.48. The summed E-state index contributed by atoms with van der Waals surface area (Å²) in [7, 11) is -10.6. The Hall–Kier alpha value is -1.46. The molecule has 0 aliphatic heterocycles. The van der Waals surface area contributed by atoms with E-state index < -0.39 is 58.8 Å². The Bertz CT molecular complexity index is 903. The van der Waals surface area contributed by atoms with Gasteiger partial charge in [-0.15, -0.1) is 0 Å². The van der Waals surface area contributed by atoms with Crippen LogP contribution >= 0.6 is 7.60 Å². The van der Waals surface area contributed by atoms with Gasteiger partial charge in [0.2, 0.25) is 10.0 Å². The van der Waals surface area contributed by atoms with Gasteiger partial charge in [-0.1, -0.05) is 17.7 Å². The van der Waals surface area contributed by atoms with Crippen molar-refractivity contribution in [2.24, 2.45) is 0 Å². The summed E-state index contributed by atoms with van der Waals surface area (Å²) in [6, 6.07) is 4.79. The fraction of sp³-hybridized carbons (Fsp3) is 0.611. The maximum absolute atomic E-state index is 14.5. The number of halogens is 3. The summed E-state index contributed by atoms with van der Waals surface area (Å²) in [6.45, 7) is 7.35. The Morgan fingerprint density at radius 3 is 1.87 bits per heavy atom. The molecular formula is C18H27F3NO7PS. The lowest BCUT2D eigenvalue weighted by atomic mass is 10.2. The van der Waals surface area contributed by atoms with Crippen LogP contribution in [0.15, 0.2) is 29.2 Å². The Kier molecular flexibility index (Phi) is 8.89. The molecule has 1 unspecified atom stereocenters. The highest BCUT2D eigenvalue weighted by atomic mass is 32.2. The van der Waals surface area contributed by atoms with Crippen LogP contribution in [-0.2, 0) is 33.2 Å². The number of nitrogens with one attached hydrogen (secondary N) is 1. The summed E-state index contributed by atoms with van der Waals surface area (Å²) in [4.78, 5) is 12.1. The molecule has 13 heteroatoms. The number of carbonyl (C=O) groups is 1. The monoisotopic (exact) mass is 489 g/mol. The molecule has 0 aliphatic carbocycles. The molecule has 0 saturated carbocycles. The highest BCUT2D eigenvalue weighted by Gasteiger charge is 2.76. The van der Waals surface area contributed by atoms with E-state index in [-0.39, 0.29) is 0 Å². The maximum Gasteiger partial charge on any atom is 0.430 e. The lowest BCUT2D eigenvalue weighted by Crippen LogP contribution is -2.64. The second kappa shape index (κ2) is 9.99. The van der Waals surface area contributed by atoms with E-state index in [1.165, 1.54) is 51.5 Å². The fourth-order valence-corrected chi connectivity index (χ4v) is 6.57. The molecule has 0 fully saturated rings. The number of hydrogen-bond donors (Lipinski definition) is 1. The third-order valence-electron chi connectivity index (χ3n) is 3.70. The number of ether oxygens (including phenoxy) is 1. The van der Waals surface area contributed by atoms with Crippen molar-refractivity contribution in [2.75, 3.05) is 6.61 Å². The van der Waals surface area contributed by atoms with Gasteiger partial charge in [-0.05, 0) is 53.7 Å². The summed E-state index contributed by atoms with van der Waals surface area (Å²) >= 11 is 0. The van der Waals surface area contributed by atoms with E-state index in [1.807, 2.05) is 0 Å².